The number of hydrogen-bond donors (Lipinski definition) is 1. The number of hydrogen-bond acceptors (Lipinski definition) is 6. The SMILES string of the molecule is C[C@H]1CC2(S(=O)(=O)c3ccc(F)cc3)c3ccc(C(F)(C(F)(F)F)C(F)(F)F)cc3CCC2N1C(=O)C1(O)CCS(=O)(=O)CC1. The highest BCUT2D eigenvalue weighted by Gasteiger charge is 2.74. The van der Waals surface area contributed by atoms with Crippen molar-refractivity contribution in [3.8, 4) is 0 Å². The largest absolute Gasteiger partial charge is 0.435 e. The number of sulfone groups is 2. The second-order valence-corrected chi connectivity index (χ2v) is 16.4. The van der Waals surface area contributed by atoms with E-state index in [4.69, 9.17) is 0 Å². The van der Waals surface area contributed by atoms with Crippen LogP contribution in [-0.2, 0) is 41.3 Å². The summed E-state index contributed by atoms with van der Waals surface area (Å²) in [6.07, 6.45) is -14.9. The molecule has 45 heavy (non-hydrogen) atoms. The molecule has 2 heterocycles. The summed E-state index contributed by atoms with van der Waals surface area (Å²) in [4.78, 5) is 14.5. The molecular formula is C28H27F8NO6S2. The van der Waals surface area contributed by atoms with Crippen molar-refractivity contribution in [2.45, 2.75) is 84.4 Å². The molecule has 0 saturated carbocycles. The standard InChI is InChI=1S/C28H27F8NO6S2/c1-16-15-25(45(42,43)20-6-4-19(29)5-7-20)21-8-3-18(26(30,27(31,32)33)28(34,35)36)14-17(21)2-9-22(25)37(16)23(38)24(39)10-12-44(40,41)13-11-24/h3-8,14,16,22,39H,2,9-13,15H2,1H3/t16-,22?,25?/m0/s1. The van der Waals surface area contributed by atoms with Crippen LogP contribution in [0.2, 0.25) is 0 Å². The van der Waals surface area contributed by atoms with Crippen LogP contribution in [0.15, 0.2) is 47.4 Å². The Labute approximate surface area is 253 Å². The number of fused-ring (bicyclic) bond motifs is 3. The van der Waals surface area contributed by atoms with Gasteiger partial charge in [-0.3, -0.25) is 4.79 Å². The lowest BCUT2D eigenvalue weighted by atomic mass is 9.76. The van der Waals surface area contributed by atoms with Crippen molar-refractivity contribution in [1.29, 1.82) is 0 Å². The van der Waals surface area contributed by atoms with Gasteiger partial charge in [0.25, 0.3) is 5.91 Å². The van der Waals surface area contributed by atoms with Gasteiger partial charge in [0, 0.05) is 11.6 Å². The third kappa shape index (κ3) is 4.94. The van der Waals surface area contributed by atoms with E-state index in [1.807, 2.05) is 0 Å². The first-order valence-electron chi connectivity index (χ1n) is 13.7. The average molecular weight is 690 g/mol. The first kappa shape index (κ1) is 33.6. The molecule has 2 aromatic rings. The van der Waals surface area contributed by atoms with Gasteiger partial charge in [-0.25, -0.2) is 25.6 Å². The highest BCUT2D eigenvalue weighted by atomic mass is 32.2. The van der Waals surface area contributed by atoms with Crippen LogP contribution in [0.3, 0.4) is 0 Å². The van der Waals surface area contributed by atoms with Crippen LogP contribution in [0.5, 0.6) is 0 Å². The highest BCUT2D eigenvalue weighted by molar-refractivity contribution is 7.92. The Balaban J connectivity index is 1.71. The first-order valence-corrected chi connectivity index (χ1v) is 17.0. The van der Waals surface area contributed by atoms with Gasteiger partial charge in [-0.05, 0) is 74.4 Å². The zero-order chi connectivity index (χ0) is 33.6. The summed E-state index contributed by atoms with van der Waals surface area (Å²) in [7, 11) is -8.29. The van der Waals surface area contributed by atoms with E-state index in [9.17, 15) is 57.5 Å². The van der Waals surface area contributed by atoms with Crippen LogP contribution >= 0.6 is 0 Å². The van der Waals surface area contributed by atoms with Crippen molar-refractivity contribution < 1.29 is 61.9 Å². The summed E-state index contributed by atoms with van der Waals surface area (Å²) in [5, 5.41) is 11.2. The summed E-state index contributed by atoms with van der Waals surface area (Å²) in [6.45, 7) is 1.44. The van der Waals surface area contributed by atoms with E-state index in [0.717, 1.165) is 29.2 Å². The van der Waals surface area contributed by atoms with E-state index in [-0.39, 0.29) is 30.0 Å². The molecule has 2 aliphatic heterocycles. The third-order valence-corrected chi connectivity index (χ3v) is 13.4. The second-order valence-electron chi connectivity index (χ2n) is 11.9. The molecule has 2 aromatic carbocycles. The quantitative estimate of drug-likeness (QED) is 0.370. The van der Waals surface area contributed by atoms with Crippen LogP contribution in [-0.4, -0.2) is 74.3 Å². The molecule has 7 nitrogen and oxygen atoms in total. The normalized spacial score (nSPS) is 26.7. The van der Waals surface area contributed by atoms with Crippen LogP contribution in [0, 0.1) is 5.82 Å². The van der Waals surface area contributed by atoms with E-state index >= 15 is 4.39 Å². The smallest absolute Gasteiger partial charge is 0.380 e. The molecular weight excluding hydrogens is 662 g/mol. The minimum absolute atomic E-state index is 0.221. The maximum absolute atomic E-state index is 15.0. The van der Waals surface area contributed by atoms with Crippen molar-refractivity contribution in [1.82, 2.24) is 4.90 Å². The summed E-state index contributed by atoms with van der Waals surface area (Å²) < 4.78 is 161. The molecule has 2 saturated heterocycles. The Morgan fingerprint density at radius 2 is 1.51 bits per heavy atom. The number of aryl methyl sites for hydroxylation is 1. The number of carbonyl (C=O) groups excluding carboxylic acids is 1. The molecule has 0 aromatic heterocycles. The number of amides is 1. The number of likely N-dealkylation sites (tertiary alicyclic amines) is 1. The predicted molar refractivity (Wildman–Crippen MR) is 142 cm³/mol. The van der Waals surface area contributed by atoms with Gasteiger partial charge in [0.2, 0.25) is 0 Å². The fraction of sp³-hybridized carbons (Fsp3) is 0.536. The van der Waals surface area contributed by atoms with E-state index in [2.05, 4.69) is 0 Å². The van der Waals surface area contributed by atoms with Gasteiger partial charge in [0.1, 0.15) is 16.2 Å². The lowest BCUT2D eigenvalue weighted by Gasteiger charge is -2.45. The average Bonchev–Trinajstić information content (AvgIpc) is 3.26. The molecule has 2 unspecified atom stereocenters. The highest BCUT2D eigenvalue weighted by Crippen LogP contribution is 2.58. The van der Waals surface area contributed by atoms with Crippen LogP contribution in [0.4, 0.5) is 35.1 Å². The molecule has 0 bridgehead atoms. The van der Waals surface area contributed by atoms with Gasteiger partial charge in [0.05, 0.1) is 22.4 Å². The Morgan fingerprint density at radius 3 is 2.04 bits per heavy atom. The molecule has 248 valence electrons. The molecule has 2 fully saturated rings. The minimum Gasteiger partial charge on any atom is -0.380 e. The number of nitrogens with zero attached hydrogens (tertiary/aromatic N) is 1. The van der Waals surface area contributed by atoms with Crippen molar-refractivity contribution in [3.63, 3.8) is 0 Å². The maximum Gasteiger partial charge on any atom is 0.435 e. The van der Waals surface area contributed by atoms with Crippen molar-refractivity contribution >= 4 is 25.6 Å². The fourth-order valence-corrected chi connectivity index (χ4v) is 11.0. The zero-order valence-electron chi connectivity index (χ0n) is 23.4. The number of benzene rings is 2. The Kier molecular flexibility index (Phi) is 7.73. The topological polar surface area (TPSA) is 109 Å². The maximum atomic E-state index is 15.0. The van der Waals surface area contributed by atoms with E-state index < -0.39 is 113 Å². The Bertz CT molecular complexity index is 1710. The van der Waals surface area contributed by atoms with Crippen LogP contribution in [0.25, 0.3) is 0 Å². The number of aliphatic hydroxyl groups is 1. The molecule has 1 aliphatic carbocycles. The summed E-state index contributed by atoms with van der Waals surface area (Å²) in [6, 6.07) is 2.44. The summed E-state index contributed by atoms with van der Waals surface area (Å²) in [5.74, 6) is -2.81. The van der Waals surface area contributed by atoms with Gasteiger partial charge in [-0.2, -0.15) is 26.3 Å². The van der Waals surface area contributed by atoms with Crippen LogP contribution < -0.4 is 0 Å². The minimum atomic E-state index is -6.41. The molecule has 0 spiro atoms. The van der Waals surface area contributed by atoms with Crippen molar-refractivity contribution in [2.75, 3.05) is 11.5 Å². The number of carbonyl (C=O) groups is 1. The van der Waals surface area contributed by atoms with E-state index in [1.54, 1.807) is 0 Å². The molecule has 0 radical (unpaired) electrons. The second kappa shape index (κ2) is 10.4. The van der Waals surface area contributed by atoms with Crippen molar-refractivity contribution in [2.24, 2.45) is 0 Å². The molecule has 3 aliphatic rings. The molecule has 5 rings (SSSR count). The van der Waals surface area contributed by atoms with Gasteiger partial charge >= 0.3 is 18.0 Å². The summed E-state index contributed by atoms with van der Waals surface area (Å²) in [5.41, 5.74) is -10.4. The predicted octanol–water partition coefficient (Wildman–Crippen LogP) is 4.66. The molecule has 1 N–H and O–H groups in total. The molecule has 1 amide bonds. The molecule has 17 heteroatoms. The lowest BCUT2D eigenvalue weighted by molar-refractivity contribution is -0.348. The number of alkyl halides is 7. The van der Waals surface area contributed by atoms with Gasteiger partial charge in [-0.15, -0.1) is 0 Å². The van der Waals surface area contributed by atoms with E-state index in [0.29, 0.717) is 12.1 Å². The number of halogens is 8. The van der Waals surface area contributed by atoms with Gasteiger partial charge in [0.15, 0.2) is 19.7 Å². The van der Waals surface area contributed by atoms with Gasteiger partial charge < -0.3 is 10.0 Å². The summed E-state index contributed by atoms with van der Waals surface area (Å²) >= 11 is 0. The van der Waals surface area contributed by atoms with Gasteiger partial charge in [-0.1, -0.05) is 18.2 Å². The Morgan fingerprint density at radius 1 is 0.956 bits per heavy atom. The fourth-order valence-electron chi connectivity index (χ4n) is 7.00. The van der Waals surface area contributed by atoms with Crippen LogP contribution in [0.1, 0.15) is 49.3 Å². The lowest BCUT2D eigenvalue weighted by Crippen LogP contribution is -2.59. The van der Waals surface area contributed by atoms with E-state index in [1.165, 1.54) is 6.92 Å². The Hall–Kier alpha value is -2.79. The van der Waals surface area contributed by atoms with Crippen molar-refractivity contribution in [3.05, 3.63) is 65.0 Å². The third-order valence-electron chi connectivity index (χ3n) is 9.26. The number of rotatable bonds is 4. The monoisotopic (exact) mass is 689 g/mol. The zero-order valence-corrected chi connectivity index (χ0v) is 25.1. The molecule has 3 atom stereocenters. The first-order chi connectivity index (χ1) is 20.5.